The minimum atomic E-state index is -0.594. The Bertz CT molecular complexity index is 835. The van der Waals surface area contributed by atoms with Crippen molar-refractivity contribution < 1.29 is 20.1 Å². The molecule has 2 aromatic rings. The molecule has 26 heavy (non-hydrogen) atoms. The van der Waals surface area contributed by atoms with Crippen LogP contribution in [0.4, 0.5) is 0 Å². The number of aryl methyl sites for hydroxylation is 1. The Morgan fingerprint density at radius 1 is 1.15 bits per heavy atom. The summed E-state index contributed by atoms with van der Waals surface area (Å²) in [4.78, 5) is 14.5. The van der Waals surface area contributed by atoms with Gasteiger partial charge in [-0.25, -0.2) is 0 Å². The first-order valence-corrected chi connectivity index (χ1v) is 8.73. The largest absolute Gasteiger partial charge is 0.508 e. The SMILES string of the molecule is CCc1cc(C(=O)N2Cc3ccc(C(O)CNC)cc3C2)c(O)cc1O. The molecule has 4 N–H and O–H groups in total. The molecule has 0 saturated heterocycles. The molecule has 6 nitrogen and oxygen atoms in total. The van der Waals surface area contributed by atoms with Crippen LogP contribution < -0.4 is 5.32 Å². The zero-order chi connectivity index (χ0) is 18.8. The topological polar surface area (TPSA) is 93.0 Å². The van der Waals surface area contributed by atoms with E-state index in [-0.39, 0.29) is 23.0 Å². The lowest BCUT2D eigenvalue weighted by Crippen LogP contribution is -2.25. The number of carbonyl (C=O) groups is 1. The van der Waals surface area contributed by atoms with Gasteiger partial charge in [-0.15, -0.1) is 0 Å². The molecular weight excluding hydrogens is 332 g/mol. The lowest BCUT2D eigenvalue weighted by Gasteiger charge is -2.17. The maximum absolute atomic E-state index is 12.9. The fourth-order valence-electron chi connectivity index (χ4n) is 3.32. The van der Waals surface area contributed by atoms with Crippen LogP contribution in [0.15, 0.2) is 30.3 Å². The highest BCUT2D eigenvalue weighted by Gasteiger charge is 2.27. The number of amides is 1. The molecule has 0 bridgehead atoms. The van der Waals surface area contributed by atoms with E-state index < -0.39 is 6.10 Å². The number of phenolic OH excluding ortho intramolecular Hbond substituents is 2. The Labute approximate surface area is 152 Å². The number of carbonyl (C=O) groups excluding carboxylic acids is 1. The summed E-state index contributed by atoms with van der Waals surface area (Å²) >= 11 is 0. The molecule has 0 spiro atoms. The van der Waals surface area contributed by atoms with Gasteiger partial charge in [-0.05, 0) is 41.8 Å². The molecule has 3 rings (SSSR count). The third-order valence-electron chi connectivity index (χ3n) is 4.83. The van der Waals surface area contributed by atoms with E-state index in [1.54, 1.807) is 18.0 Å². The van der Waals surface area contributed by atoms with Gasteiger partial charge in [-0.3, -0.25) is 4.79 Å². The van der Waals surface area contributed by atoms with Crippen molar-refractivity contribution in [1.29, 1.82) is 0 Å². The molecule has 0 fully saturated rings. The minimum Gasteiger partial charge on any atom is -0.508 e. The summed E-state index contributed by atoms with van der Waals surface area (Å²) in [5.74, 6) is -0.495. The van der Waals surface area contributed by atoms with Gasteiger partial charge in [0.05, 0.1) is 11.7 Å². The summed E-state index contributed by atoms with van der Waals surface area (Å²) in [6.45, 7) is 3.22. The van der Waals surface area contributed by atoms with Crippen molar-refractivity contribution in [1.82, 2.24) is 10.2 Å². The molecule has 138 valence electrons. The van der Waals surface area contributed by atoms with Gasteiger partial charge in [0.25, 0.3) is 5.91 Å². The zero-order valence-corrected chi connectivity index (χ0v) is 15.0. The Morgan fingerprint density at radius 3 is 2.58 bits per heavy atom. The van der Waals surface area contributed by atoms with Gasteiger partial charge >= 0.3 is 0 Å². The number of phenols is 2. The standard InChI is InChI=1S/C20H24N2O4/c1-3-12-7-16(18(24)8-17(12)23)20(26)22-10-14-5-4-13(6-15(14)11-22)19(25)9-21-2/h4-8,19,21,23-25H,3,9-11H2,1-2H3. The van der Waals surface area contributed by atoms with E-state index in [9.17, 15) is 20.1 Å². The number of fused-ring (bicyclic) bond motifs is 1. The Kier molecular flexibility index (Phi) is 5.15. The number of hydrogen-bond donors (Lipinski definition) is 4. The van der Waals surface area contributed by atoms with Crippen LogP contribution >= 0.6 is 0 Å². The van der Waals surface area contributed by atoms with Gasteiger partial charge in [0, 0.05) is 25.7 Å². The molecule has 1 heterocycles. The van der Waals surface area contributed by atoms with Crippen LogP contribution in [0, 0.1) is 0 Å². The lowest BCUT2D eigenvalue weighted by atomic mass is 10.0. The minimum absolute atomic E-state index is 0.00517. The Morgan fingerprint density at radius 2 is 1.88 bits per heavy atom. The molecule has 0 aliphatic carbocycles. The summed E-state index contributed by atoms with van der Waals surface area (Å²) in [6.07, 6.45) is -0.0254. The third-order valence-corrected chi connectivity index (χ3v) is 4.83. The summed E-state index contributed by atoms with van der Waals surface area (Å²) in [5, 5.41) is 33.0. The smallest absolute Gasteiger partial charge is 0.258 e. The molecule has 1 aliphatic rings. The highest BCUT2D eigenvalue weighted by molar-refractivity contribution is 5.97. The molecule has 2 aromatic carbocycles. The summed E-state index contributed by atoms with van der Waals surface area (Å²) in [5.41, 5.74) is 3.67. The highest BCUT2D eigenvalue weighted by Crippen LogP contribution is 2.32. The van der Waals surface area contributed by atoms with E-state index >= 15 is 0 Å². The van der Waals surface area contributed by atoms with E-state index in [0.29, 0.717) is 31.6 Å². The van der Waals surface area contributed by atoms with Crippen LogP contribution in [0.3, 0.4) is 0 Å². The molecular formula is C20H24N2O4. The summed E-state index contributed by atoms with van der Waals surface area (Å²) in [7, 11) is 1.78. The average Bonchev–Trinajstić information content (AvgIpc) is 3.04. The molecule has 6 heteroatoms. The van der Waals surface area contributed by atoms with Gasteiger partial charge in [-0.1, -0.05) is 25.1 Å². The van der Waals surface area contributed by atoms with E-state index in [1.165, 1.54) is 6.07 Å². The van der Waals surface area contributed by atoms with Crippen molar-refractivity contribution in [3.8, 4) is 11.5 Å². The quantitative estimate of drug-likeness (QED) is 0.658. The Balaban J connectivity index is 1.82. The number of benzene rings is 2. The molecule has 0 radical (unpaired) electrons. The fourth-order valence-corrected chi connectivity index (χ4v) is 3.32. The van der Waals surface area contributed by atoms with Crippen LogP contribution in [0.5, 0.6) is 11.5 Å². The predicted molar refractivity (Wildman–Crippen MR) is 98.1 cm³/mol. The van der Waals surface area contributed by atoms with Gasteiger partial charge in [0.15, 0.2) is 0 Å². The van der Waals surface area contributed by atoms with Gasteiger partial charge in [0.2, 0.25) is 0 Å². The van der Waals surface area contributed by atoms with Crippen LogP contribution in [0.1, 0.15) is 45.6 Å². The van der Waals surface area contributed by atoms with E-state index in [2.05, 4.69) is 5.32 Å². The number of aliphatic hydroxyl groups is 1. The number of aromatic hydroxyl groups is 2. The van der Waals surface area contributed by atoms with E-state index in [0.717, 1.165) is 16.7 Å². The lowest BCUT2D eigenvalue weighted by molar-refractivity contribution is 0.0748. The van der Waals surface area contributed by atoms with E-state index in [4.69, 9.17) is 0 Å². The second-order valence-corrected chi connectivity index (χ2v) is 6.61. The van der Waals surface area contributed by atoms with Crippen molar-refractivity contribution in [2.45, 2.75) is 32.5 Å². The predicted octanol–water partition coefficient (Wildman–Crippen LogP) is 2.07. The molecule has 1 amide bonds. The maximum Gasteiger partial charge on any atom is 0.258 e. The number of hydrogen-bond acceptors (Lipinski definition) is 5. The van der Waals surface area contributed by atoms with Gasteiger partial charge in [0.1, 0.15) is 11.5 Å². The first kappa shape index (κ1) is 18.2. The number of nitrogens with one attached hydrogen (secondary N) is 1. The highest BCUT2D eigenvalue weighted by atomic mass is 16.3. The third kappa shape index (κ3) is 3.38. The number of nitrogens with zero attached hydrogens (tertiary/aromatic N) is 1. The first-order valence-electron chi connectivity index (χ1n) is 8.73. The number of rotatable bonds is 5. The molecule has 1 atom stereocenters. The van der Waals surface area contributed by atoms with Gasteiger partial charge < -0.3 is 25.5 Å². The second-order valence-electron chi connectivity index (χ2n) is 6.61. The van der Waals surface area contributed by atoms with Gasteiger partial charge in [-0.2, -0.15) is 0 Å². The molecule has 1 aliphatic heterocycles. The first-order chi connectivity index (χ1) is 12.4. The van der Waals surface area contributed by atoms with Crippen molar-refractivity contribution in [3.05, 3.63) is 58.1 Å². The second kappa shape index (κ2) is 7.35. The van der Waals surface area contributed by atoms with Crippen molar-refractivity contribution >= 4 is 5.91 Å². The van der Waals surface area contributed by atoms with Crippen LogP contribution in [-0.2, 0) is 19.5 Å². The molecule has 1 unspecified atom stereocenters. The monoisotopic (exact) mass is 356 g/mol. The molecule has 0 saturated carbocycles. The number of aliphatic hydroxyl groups excluding tert-OH is 1. The van der Waals surface area contributed by atoms with E-state index in [1.807, 2.05) is 25.1 Å². The van der Waals surface area contributed by atoms with Crippen molar-refractivity contribution in [3.63, 3.8) is 0 Å². The summed E-state index contributed by atoms with van der Waals surface area (Å²) < 4.78 is 0. The van der Waals surface area contributed by atoms with Crippen LogP contribution in [0.25, 0.3) is 0 Å². The van der Waals surface area contributed by atoms with Crippen LogP contribution in [-0.4, -0.2) is 39.7 Å². The Hall–Kier alpha value is -2.57. The molecule has 0 aromatic heterocycles. The average molecular weight is 356 g/mol. The van der Waals surface area contributed by atoms with Crippen LogP contribution in [0.2, 0.25) is 0 Å². The van der Waals surface area contributed by atoms with Crippen molar-refractivity contribution in [2.24, 2.45) is 0 Å². The number of likely N-dealkylation sites (N-methyl/N-ethyl adjacent to an activating group) is 1. The normalized spacial score (nSPS) is 14.3. The summed E-state index contributed by atoms with van der Waals surface area (Å²) in [6, 6.07) is 8.52. The fraction of sp³-hybridized carbons (Fsp3) is 0.350. The zero-order valence-electron chi connectivity index (χ0n) is 15.0. The van der Waals surface area contributed by atoms with Crippen molar-refractivity contribution in [2.75, 3.05) is 13.6 Å². The maximum atomic E-state index is 12.9.